The molecule has 0 unspecified atom stereocenters. The van der Waals surface area contributed by atoms with Gasteiger partial charge in [-0.15, -0.1) is 6.58 Å². The Balaban J connectivity index is 2.33. The lowest BCUT2D eigenvalue weighted by molar-refractivity contribution is 0.821. The smallest absolute Gasteiger partial charge is 0.266 e. The molecule has 0 N–H and O–H groups in total. The number of fused-ring (bicyclic) bond motifs is 1. The molecular weight excluding hydrogens is 360 g/mol. The molecule has 0 fully saturated rings. The van der Waals surface area contributed by atoms with Crippen LogP contribution < -0.4 is 5.56 Å². The third-order valence-corrected chi connectivity index (χ3v) is 4.57. The summed E-state index contributed by atoms with van der Waals surface area (Å²) >= 11 is 4.91. The van der Waals surface area contributed by atoms with Crippen LogP contribution in [0.4, 0.5) is 0 Å². The highest BCUT2D eigenvalue weighted by Crippen LogP contribution is 2.23. The fourth-order valence-electron chi connectivity index (χ4n) is 2.17. The van der Waals surface area contributed by atoms with Crippen molar-refractivity contribution in [1.82, 2.24) is 9.55 Å². The molecule has 0 aliphatic rings. The lowest BCUT2D eigenvalue weighted by Gasteiger charge is -2.12. The molecule has 5 heteroatoms. The summed E-state index contributed by atoms with van der Waals surface area (Å²) < 4.78 is 2.52. The third kappa shape index (κ3) is 2.87. The van der Waals surface area contributed by atoms with E-state index in [-0.39, 0.29) is 5.56 Å². The fourth-order valence-corrected chi connectivity index (χ4v) is 3.28. The van der Waals surface area contributed by atoms with Gasteiger partial charge < -0.3 is 0 Å². The van der Waals surface area contributed by atoms with Gasteiger partial charge in [-0.1, -0.05) is 52.0 Å². The van der Waals surface area contributed by atoms with Crippen LogP contribution in [0.15, 0.2) is 75.6 Å². The first-order valence-corrected chi connectivity index (χ1v) is 8.50. The van der Waals surface area contributed by atoms with Crippen molar-refractivity contribution in [2.24, 2.45) is 0 Å². The van der Waals surface area contributed by atoms with Crippen LogP contribution in [-0.4, -0.2) is 15.3 Å². The van der Waals surface area contributed by atoms with Crippen molar-refractivity contribution in [2.75, 3.05) is 5.75 Å². The largest absolute Gasteiger partial charge is 0.268 e. The number of benzene rings is 2. The first kappa shape index (κ1) is 15.1. The Kier molecular flexibility index (Phi) is 4.45. The lowest BCUT2D eigenvalue weighted by atomic mass is 10.2. The summed E-state index contributed by atoms with van der Waals surface area (Å²) in [7, 11) is 0. The first-order chi connectivity index (χ1) is 10.7. The van der Waals surface area contributed by atoms with E-state index in [0.29, 0.717) is 21.8 Å². The predicted octanol–water partition coefficient (Wildman–Crippen LogP) is 4.43. The van der Waals surface area contributed by atoms with Gasteiger partial charge in [0, 0.05) is 10.2 Å². The van der Waals surface area contributed by atoms with E-state index in [1.807, 2.05) is 48.5 Å². The van der Waals surface area contributed by atoms with E-state index < -0.39 is 0 Å². The summed E-state index contributed by atoms with van der Waals surface area (Å²) in [6.07, 6.45) is 1.80. The van der Waals surface area contributed by atoms with Crippen LogP contribution >= 0.6 is 27.7 Å². The van der Waals surface area contributed by atoms with E-state index >= 15 is 0 Å². The van der Waals surface area contributed by atoms with Crippen molar-refractivity contribution in [3.05, 3.63) is 76.0 Å². The average Bonchev–Trinajstić information content (AvgIpc) is 2.54. The monoisotopic (exact) mass is 372 g/mol. The SMILES string of the molecule is C=CCSc1nc2ccc(Br)cc2c(=O)n1-c1ccccc1. The van der Waals surface area contributed by atoms with Gasteiger partial charge in [0.15, 0.2) is 5.16 Å². The van der Waals surface area contributed by atoms with Gasteiger partial charge in [-0.2, -0.15) is 0 Å². The summed E-state index contributed by atoms with van der Waals surface area (Å²) in [6, 6.07) is 15.1. The molecule has 3 rings (SSSR count). The van der Waals surface area contributed by atoms with Gasteiger partial charge in [-0.05, 0) is 30.3 Å². The Morgan fingerprint density at radius 2 is 2.00 bits per heavy atom. The van der Waals surface area contributed by atoms with Crippen LogP contribution in [0.2, 0.25) is 0 Å². The predicted molar refractivity (Wildman–Crippen MR) is 96.0 cm³/mol. The molecule has 0 aliphatic heterocycles. The van der Waals surface area contributed by atoms with Crippen molar-refractivity contribution in [1.29, 1.82) is 0 Å². The average molecular weight is 373 g/mol. The zero-order valence-electron chi connectivity index (χ0n) is 11.7. The number of nitrogens with zero attached hydrogens (tertiary/aromatic N) is 2. The van der Waals surface area contributed by atoms with Gasteiger partial charge in [-0.3, -0.25) is 9.36 Å². The quantitative estimate of drug-likeness (QED) is 0.386. The van der Waals surface area contributed by atoms with Gasteiger partial charge in [-0.25, -0.2) is 4.98 Å². The second-order valence-corrected chi connectivity index (χ2v) is 6.53. The number of hydrogen-bond donors (Lipinski definition) is 0. The Morgan fingerprint density at radius 1 is 1.23 bits per heavy atom. The summed E-state index contributed by atoms with van der Waals surface area (Å²) in [5, 5.41) is 1.27. The second-order valence-electron chi connectivity index (χ2n) is 4.63. The van der Waals surface area contributed by atoms with E-state index in [1.54, 1.807) is 10.6 Å². The van der Waals surface area contributed by atoms with E-state index in [1.165, 1.54) is 11.8 Å². The number of para-hydroxylation sites is 1. The van der Waals surface area contributed by atoms with E-state index in [4.69, 9.17) is 0 Å². The van der Waals surface area contributed by atoms with E-state index in [2.05, 4.69) is 27.5 Å². The molecule has 0 saturated carbocycles. The zero-order valence-corrected chi connectivity index (χ0v) is 14.1. The molecule has 0 radical (unpaired) electrons. The van der Waals surface area contributed by atoms with Gasteiger partial charge in [0.2, 0.25) is 0 Å². The Bertz CT molecular complexity index is 890. The molecule has 3 nitrogen and oxygen atoms in total. The lowest BCUT2D eigenvalue weighted by Crippen LogP contribution is -2.21. The maximum absolute atomic E-state index is 12.9. The maximum atomic E-state index is 12.9. The third-order valence-electron chi connectivity index (χ3n) is 3.14. The minimum absolute atomic E-state index is 0.0657. The molecule has 22 heavy (non-hydrogen) atoms. The summed E-state index contributed by atoms with van der Waals surface area (Å²) in [4.78, 5) is 17.6. The zero-order chi connectivity index (χ0) is 15.5. The number of aromatic nitrogens is 2. The highest BCUT2D eigenvalue weighted by Gasteiger charge is 2.13. The topological polar surface area (TPSA) is 34.9 Å². The minimum atomic E-state index is -0.0657. The van der Waals surface area contributed by atoms with Crippen LogP contribution in [0, 0.1) is 0 Å². The minimum Gasteiger partial charge on any atom is -0.268 e. The molecule has 110 valence electrons. The molecule has 0 bridgehead atoms. The fraction of sp³-hybridized carbons (Fsp3) is 0.0588. The van der Waals surface area contributed by atoms with Crippen LogP contribution in [0.5, 0.6) is 0 Å². The second kappa shape index (κ2) is 6.50. The number of rotatable bonds is 4. The van der Waals surface area contributed by atoms with Crippen molar-refractivity contribution in [2.45, 2.75) is 5.16 Å². The Hall–Kier alpha value is -1.85. The van der Waals surface area contributed by atoms with Crippen molar-refractivity contribution in [3.8, 4) is 5.69 Å². The molecule has 1 aromatic heterocycles. The molecule has 0 saturated heterocycles. The standard InChI is InChI=1S/C17H13BrN2OS/c1-2-10-22-17-19-15-9-8-12(18)11-14(15)16(21)20(17)13-6-4-3-5-7-13/h2-9,11H,1,10H2. The first-order valence-electron chi connectivity index (χ1n) is 6.72. The van der Waals surface area contributed by atoms with Crippen LogP contribution in [0.3, 0.4) is 0 Å². The van der Waals surface area contributed by atoms with Crippen LogP contribution in [-0.2, 0) is 0 Å². The summed E-state index contributed by atoms with van der Waals surface area (Å²) in [5.41, 5.74) is 1.45. The van der Waals surface area contributed by atoms with Gasteiger partial charge >= 0.3 is 0 Å². The normalized spacial score (nSPS) is 10.8. The molecule has 2 aromatic carbocycles. The van der Waals surface area contributed by atoms with Gasteiger partial charge in [0.05, 0.1) is 16.6 Å². The Labute approximate surface area is 140 Å². The summed E-state index contributed by atoms with van der Waals surface area (Å²) in [6.45, 7) is 3.73. The van der Waals surface area contributed by atoms with Gasteiger partial charge in [0.1, 0.15) is 0 Å². The molecule has 0 spiro atoms. The summed E-state index contributed by atoms with van der Waals surface area (Å²) in [5.74, 6) is 0.696. The van der Waals surface area contributed by atoms with Crippen molar-refractivity contribution < 1.29 is 0 Å². The van der Waals surface area contributed by atoms with E-state index in [0.717, 1.165) is 10.2 Å². The van der Waals surface area contributed by atoms with Crippen molar-refractivity contribution in [3.63, 3.8) is 0 Å². The molecule has 0 amide bonds. The van der Waals surface area contributed by atoms with E-state index in [9.17, 15) is 4.79 Å². The van der Waals surface area contributed by atoms with Crippen LogP contribution in [0.25, 0.3) is 16.6 Å². The molecular formula is C17H13BrN2OS. The van der Waals surface area contributed by atoms with Crippen molar-refractivity contribution >= 4 is 38.6 Å². The highest BCUT2D eigenvalue weighted by atomic mass is 79.9. The molecule has 0 aliphatic carbocycles. The van der Waals surface area contributed by atoms with Gasteiger partial charge in [0.25, 0.3) is 5.56 Å². The number of hydrogen-bond acceptors (Lipinski definition) is 3. The maximum Gasteiger partial charge on any atom is 0.266 e. The number of thioether (sulfide) groups is 1. The molecule has 3 aromatic rings. The number of halogens is 1. The van der Waals surface area contributed by atoms with Crippen LogP contribution in [0.1, 0.15) is 0 Å². The highest BCUT2D eigenvalue weighted by molar-refractivity contribution is 9.10. The Morgan fingerprint density at radius 3 is 2.73 bits per heavy atom. The molecule has 1 heterocycles. The molecule has 0 atom stereocenters.